The van der Waals surface area contributed by atoms with E-state index in [4.69, 9.17) is 22.1 Å². The molecular formula is C19H26ClN3O2. The van der Waals surface area contributed by atoms with Gasteiger partial charge in [0.25, 0.3) is 0 Å². The summed E-state index contributed by atoms with van der Waals surface area (Å²) in [6.07, 6.45) is 6.89. The maximum atomic E-state index is 11.5. The van der Waals surface area contributed by atoms with Crippen molar-refractivity contribution in [1.29, 1.82) is 0 Å². The molecule has 1 spiro atoms. The zero-order valence-corrected chi connectivity index (χ0v) is 15.6. The number of benzene rings is 1. The van der Waals surface area contributed by atoms with Crippen LogP contribution < -0.4 is 10.5 Å². The van der Waals surface area contributed by atoms with E-state index in [0.717, 1.165) is 56.6 Å². The lowest BCUT2D eigenvalue weighted by Gasteiger charge is -2.58. The minimum absolute atomic E-state index is 0.201. The molecule has 0 unspecified atom stereocenters. The Bertz CT molecular complexity index is 661. The van der Waals surface area contributed by atoms with Crippen LogP contribution in [0.2, 0.25) is 5.02 Å². The van der Waals surface area contributed by atoms with E-state index in [9.17, 15) is 4.79 Å². The monoisotopic (exact) mass is 363 g/mol. The molecule has 1 aromatic carbocycles. The summed E-state index contributed by atoms with van der Waals surface area (Å²) in [6.45, 7) is 3.94. The molecule has 0 amide bonds. The molecule has 0 aromatic heterocycles. The molecule has 6 heteroatoms. The van der Waals surface area contributed by atoms with Gasteiger partial charge >= 0.3 is 0 Å². The van der Waals surface area contributed by atoms with Crippen molar-refractivity contribution < 1.29 is 9.53 Å². The standard InChI is InChI=1S/C19H26ClN3O2/c1-22(2)7-5-15-16(11-24)17(20)3-4-18(15)25-14-9-19(10-14)12-23(13-19)8-6-21/h3-5,7,11,14H,6,8-10,12-13,21H2,1-2H3/b7-5-. The highest BCUT2D eigenvalue weighted by Gasteiger charge is 2.53. The first-order valence-corrected chi connectivity index (χ1v) is 9.05. The molecule has 0 atom stereocenters. The Balaban J connectivity index is 1.68. The third-order valence-electron chi connectivity index (χ3n) is 5.03. The third kappa shape index (κ3) is 3.84. The predicted molar refractivity (Wildman–Crippen MR) is 101 cm³/mol. The van der Waals surface area contributed by atoms with E-state index in [0.29, 0.717) is 16.0 Å². The highest BCUT2D eigenvalue weighted by molar-refractivity contribution is 6.33. The summed E-state index contributed by atoms with van der Waals surface area (Å²) in [5, 5.41) is 0.447. The van der Waals surface area contributed by atoms with Crippen molar-refractivity contribution in [1.82, 2.24) is 9.80 Å². The van der Waals surface area contributed by atoms with Crippen molar-refractivity contribution in [2.45, 2.75) is 18.9 Å². The Labute approximate surface area is 154 Å². The Morgan fingerprint density at radius 2 is 2.08 bits per heavy atom. The molecule has 0 radical (unpaired) electrons. The van der Waals surface area contributed by atoms with Gasteiger partial charge in [0.1, 0.15) is 5.75 Å². The quantitative estimate of drug-likeness (QED) is 0.754. The Morgan fingerprint density at radius 1 is 1.36 bits per heavy atom. The number of aldehydes is 1. The second-order valence-corrected chi connectivity index (χ2v) is 7.82. The topological polar surface area (TPSA) is 58.8 Å². The van der Waals surface area contributed by atoms with Crippen LogP contribution in [0.1, 0.15) is 28.8 Å². The summed E-state index contributed by atoms with van der Waals surface area (Å²) in [5.41, 5.74) is 7.24. The van der Waals surface area contributed by atoms with Crippen LogP contribution >= 0.6 is 11.6 Å². The van der Waals surface area contributed by atoms with Crippen LogP contribution in [-0.4, -0.2) is 62.5 Å². The summed E-state index contributed by atoms with van der Waals surface area (Å²) < 4.78 is 6.21. The molecule has 1 aromatic rings. The summed E-state index contributed by atoms with van der Waals surface area (Å²) in [4.78, 5) is 15.8. The molecule has 2 fully saturated rings. The van der Waals surface area contributed by atoms with E-state index in [1.54, 1.807) is 6.07 Å². The van der Waals surface area contributed by atoms with Gasteiger partial charge in [-0.15, -0.1) is 0 Å². The highest BCUT2D eigenvalue weighted by atomic mass is 35.5. The summed E-state index contributed by atoms with van der Waals surface area (Å²) in [5.74, 6) is 0.725. The van der Waals surface area contributed by atoms with Crippen LogP contribution in [0, 0.1) is 5.41 Å². The van der Waals surface area contributed by atoms with Gasteiger partial charge < -0.3 is 20.3 Å². The minimum atomic E-state index is 0.201. The number of ether oxygens (including phenoxy) is 1. The van der Waals surface area contributed by atoms with Gasteiger partial charge in [-0.05, 0) is 37.3 Å². The van der Waals surface area contributed by atoms with Crippen molar-refractivity contribution in [2.75, 3.05) is 40.3 Å². The molecule has 25 heavy (non-hydrogen) atoms. The summed E-state index contributed by atoms with van der Waals surface area (Å²) >= 11 is 6.17. The van der Waals surface area contributed by atoms with Crippen LogP contribution in [0.5, 0.6) is 5.75 Å². The summed E-state index contributed by atoms with van der Waals surface area (Å²) in [7, 11) is 3.86. The lowest BCUT2D eigenvalue weighted by atomic mass is 9.62. The van der Waals surface area contributed by atoms with Gasteiger partial charge in [-0.3, -0.25) is 4.79 Å². The molecule has 1 aliphatic heterocycles. The van der Waals surface area contributed by atoms with E-state index in [1.165, 1.54) is 0 Å². The van der Waals surface area contributed by atoms with Crippen LogP contribution in [0.4, 0.5) is 0 Å². The van der Waals surface area contributed by atoms with Gasteiger partial charge in [-0.1, -0.05) is 11.6 Å². The van der Waals surface area contributed by atoms with Crippen molar-refractivity contribution in [3.05, 3.63) is 34.5 Å². The first kappa shape index (κ1) is 18.2. The van der Waals surface area contributed by atoms with Gasteiger partial charge in [0.05, 0.1) is 11.1 Å². The minimum Gasteiger partial charge on any atom is -0.490 e. The second kappa shape index (κ2) is 7.36. The maximum absolute atomic E-state index is 11.5. The molecule has 1 saturated carbocycles. The number of likely N-dealkylation sites (tertiary alicyclic amines) is 1. The van der Waals surface area contributed by atoms with E-state index in [-0.39, 0.29) is 6.10 Å². The van der Waals surface area contributed by atoms with E-state index in [1.807, 2.05) is 37.3 Å². The zero-order valence-electron chi connectivity index (χ0n) is 14.9. The predicted octanol–water partition coefficient (Wildman–Crippen LogP) is 2.49. The van der Waals surface area contributed by atoms with E-state index < -0.39 is 0 Å². The maximum Gasteiger partial charge on any atom is 0.152 e. The van der Waals surface area contributed by atoms with Gasteiger partial charge in [-0.2, -0.15) is 0 Å². The number of carbonyl (C=O) groups excluding carboxylic acids is 1. The molecule has 1 saturated heterocycles. The van der Waals surface area contributed by atoms with Crippen molar-refractivity contribution in [3.63, 3.8) is 0 Å². The molecular weight excluding hydrogens is 338 g/mol. The lowest BCUT2D eigenvalue weighted by Crippen LogP contribution is -2.65. The second-order valence-electron chi connectivity index (χ2n) is 7.42. The fraction of sp³-hybridized carbons (Fsp3) is 0.526. The Kier molecular flexibility index (Phi) is 5.37. The fourth-order valence-corrected chi connectivity index (χ4v) is 4.09. The zero-order chi connectivity index (χ0) is 18.0. The fourth-order valence-electron chi connectivity index (χ4n) is 3.88. The molecule has 2 N–H and O–H groups in total. The number of rotatable bonds is 7. The van der Waals surface area contributed by atoms with Crippen molar-refractivity contribution in [2.24, 2.45) is 11.1 Å². The SMILES string of the molecule is CN(C)/C=C\c1c(OC2CC3(C2)CN(CCN)C3)ccc(Cl)c1C=O. The van der Waals surface area contributed by atoms with Gasteiger partial charge in [0, 0.05) is 56.8 Å². The molecule has 136 valence electrons. The van der Waals surface area contributed by atoms with Crippen molar-refractivity contribution in [3.8, 4) is 5.75 Å². The van der Waals surface area contributed by atoms with Crippen LogP contribution in [0.25, 0.3) is 6.08 Å². The molecule has 1 aliphatic carbocycles. The first-order chi connectivity index (χ1) is 12.0. The summed E-state index contributed by atoms with van der Waals surface area (Å²) in [6, 6.07) is 3.59. The van der Waals surface area contributed by atoms with Crippen molar-refractivity contribution >= 4 is 24.0 Å². The lowest BCUT2D eigenvalue weighted by molar-refractivity contribution is -0.117. The Hall–Kier alpha value is -1.56. The van der Waals surface area contributed by atoms with Crippen LogP contribution in [-0.2, 0) is 0 Å². The normalized spacial score (nSPS) is 19.7. The average molecular weight is 364 g/mol. The number of hydrogen-bond donors (Lipinski definition) is 1. The molecule has 0 bridgehead atoms. The highest BCUT2D eigenvalue weighted by Crippen LogP contribution is 2.49. The number of hydrogen-bond acceptors (Lipinski definition) is 5. The van der Waals surface area contributed by atoms with Gasteiger partial charge in [0.15, 0.2) is 6.29 Å². The first-order valence-electron chi connectivity index (χ1n) is 8.68. The van der Waals surface area contributed by atoms with E-state index >= 15 is 0 Å². The smallest absolute Gasteiger partial charge is 0.152 e. The number of nitrogens with two attached hydrogens (primary N) is 1. The number of halogens is 1. The average Bonchev–Trinajstić information content (AvgIpc) is 2.50. The number of nitrogens with zero attached hydrogens (tertiary/aromatic N) is 2. The van der Waals surface area contributed by atoms with Crippen LogP contribution in [0.15, 0.2) is 18.3 Å². The third-order valence-corrected chi connectivity index (χ3v) is 5.36. The van der Waals surface area contributed by atoms with Gasteiger partial charge in [0.2, 0.25) is 0 Å². The molecule has 3 rings (SSSR count). The van der Waals surface area contributed by atoms with Gasteiger partial charge in [-0.25, -0.2) is 0 Å². The molecule has 5 nitrogen and oxygen atoms in total. The van der Waals surface area contributed by atoms with Crippen LogP contribution in [0.3, 0.4) is 0 Å². The van der Waals surface area contributed by atoms with E-state index in [2.05, 4.69) is 4.90 Å². The molecule has 1 heterocycles. The largest absolute Gasteiger partial charge is 0.490 e. The Morgan fingerprint density at radius 3 is 2.68 bits per heavy atom. The number of carbonyl (C=O) groups is 1. The molecule has 2 aliphatic rings.